The van der Waals surface area contributed by atoms with Gasteiger partial charge >= 0.3 is 0 Å². The zero-order valence-electron chi connectivity index (χ0n) is 15.3. The lowest BCUT2D eigenvalue weighted by atomic mass is 9.99. The van der Waals surface area contributed by atoms with Crippen LogP contribution in [0.1, 0.15) is 53.5 Å². The van der Waals surface area contributed by atoms with Crippen molar-refractivity contribution in [2.24, 2.45) is 0 Å². The summed E-state index contributed by atoms with van der Waals surface area (Å²) in [5.41, 5.74) is 0.815. The summed E-state index contributed by atoms with van der Waals surface area (Å²) in [7, 11) is 0. The van der Waals surface area contributed by atoms with Crippen LogP contribution in [0, 0.1) is 0 Å². The van der Waals surface area contributed by atoms with Crippen molar-refractivity contribution >= 4 is 18.2 Å². The van der Waals surface area contributed by atoms with Gasteiger partial charge in [-0.25, -0.2) is 0 Å². The fourth-order valence-electron chi connectivity index (χ4n) is 3.73. The van der Waals surface area contributed by atoms with Gasteiger partial charge in [0.05, 0.1) is 0 Å². The van der Waals surface area contributed by atoms with Gasteiger partial charge in [-0.05, 0) is 37.8 Å². The fraction of sp³-hybridized carbons (Fsp3) is 0.579. The summed E-state index contributed by atoms with van der Waals surface area (Å²) in [6, 6.07) is 3.52. The van der Waals surface area contributed by atoms with Crippen molar-refractivity contribution in [2.45, 2.75) is 38.6 Å². The molecule has 7 heteroatoms. The van der Waals surface area contributed by atoms with Gasteiger partial charge in [0.2, 0.25) is 6.41 Å². The molecule has 26 heavy (non-hydrogen) atoms. The molecule has 0 radical (unpaired) electrons. The molecule has 0 N–H and O–H groups in total. The summed E-state index contributed by atoms with van der Waals surface area (Å²) in [5, 5.41) is 0. The maximum atomic E-state index is 12.9. The molecular formula is C19H26N4O3. The van der Waals surface area contributed by atoms with E-state index in [2.05, 4.69) is 11.9 Å². The van der Waals surface area contributed by atoms with E-state index in [1.165, 1.54) is 6.20 Å². The molecule has 1 unspecified atom stereocenters. The molecule has 2 saturated heterocycles. The number of rotatable bonds is 4. The molecule has 3 heterocycles. The lowest BCUT2D eigenvalue weighted by molar-refractivity contribution is -0.119. The summed E-state index contributed by atoms with van der Waals surface area (Å²) in [6.45, 7) is 4.95. The topological polar surface area (TPSA) is 73.8 Å². The largest absolute Gasteiger partial charge is 0.342 e. The van der Waals surface area contributed by atoms with Gasteiger partial charge in [0.15, 0.2) is 0 Å². The van der Waals surface area contributed by atoms with E-state index < -0.39 is 0 Å². The van der Waals surface area contributed by atoms with Crippen molar-refractivity contribution in [3.63, 3.8) is 0 Å². The van der Waals surface area contributed by atoms with Gasteiger partial charge in [-0.1, -0.05) is 6.92 Å². The minimum absolute atomic E-state index is 0.0861. The third-order valence-corrected chi connectivity index (χ3v) is 5.34. The number of piperidine rings is 1. The molecule has 0 aliphatic carbocycles. The normalized spacial score (nSPS) is 20.8. The van der Waals surface area contributed by atoms with E-state index >= 15 is 0 Å². The first-order chi connectivity index (χ1) is 12.6. The number of carbonyl (C=O) groups excluding carboxylic acids is 3. The average Bonchev–Trinajstić information content (AvgIpc) is 2.72. The Hall–Kier alpha value is -2.44. The van der Waals surface area contributed by atoms with Gasteiger partial charge in [-0.15, -0.1) is 0 Å². The van der Waals surface area contributed by atoms with Gasteiger partial charge in [0.1, 0.15) is 5.69 Å². The van der Waals surface area contributed by atoms with E-state index in [4.69, 9.17) is 0 Å². The van der Waals surface area contributed by atoms with Crippen molar-refractivity contribution in [3.05, 3.63) is 29.6 Å². The SMILES string of the molecule is CCC1CCCCN1C(=O)c1cc(C(=O)N2CCN(C=O)CC2)ccn1. The van der Waals surface area contributed by atoms with E-state index in [0.717, 1.165) is 38.6 Å². The third kappa shape index (κ3) is 3.86. The van der Waals surface area contributed by atoms with Crippen molar-refractivity contribution < 1.29 is 14.4 Å². The Kier molecular flexibility index (Phi) is 5.85. The quantitative estimate of drug-likeness (QED) is 0.763. The van der Waals surface area contributed by atoms with Gasteiger partial charge in [-0.3, -0.25) is 19.4 Å². The predicted molar refractivity (Wildman–Crippen MR) is 96.7 cm³/mol. The summed E-state index contributed by atoms with van der Waals surface area (Å²) in [5.74, 6) is -0.199. The summed E-state index contributed by atoms with van der Waals surface area (Å²) < 4.78 is 0. The standard InChI is InChI=1S/C19H26N4O3/c1-2-16-5-3-4-8-23(16)19(26)17-13-15(6-7-20-17)18(25)22-11-9-21(14-24)10-12-22/h6-7,13-14,16H,2-5,8-12H2,1H3. The predicted octanol–water partition coefficient (Wildman–Crippen LogP) is 1.40. The third-order valence-electron chi connectivity index (χ3n) is 5.34. The zero-order valence-corrected chi connectivity index (χ0v) is 15.3. The molecule has 7 nitrogen and oxygen atoms in total. The molecule has 2 fully saturated rings. The molecule has 0 bridgehead atoms. The van der Waals surface area contributed by atoms with E-state index in [1.54, 1.807) is 21.9 Å². The molecule has 3 amide bonds. The van der Waals surface area contributed by atoms with Gasteiger partial charge in [0.25, 0.3) is 11.8 Å². The first-order valence-electron chi connectivity index (χ1n) is 9.39. The lowest BCUT2D eigenvalue weighted by Crippen LogP contribution is -2.48. The number of aromatic nitrogens is 1. The van der Waals surface area contributed by atoms with Crippen LogP contribution >= 0.6 is 0 Å². The monoisotopic (exact) mass is 358 g/mol. The van der Waals surface area contributed by atoms with Crippen molar-refractivity contribution in [3.8, 4) is 0 Å². The van der Waals surface area contributed by atoms with Crippen LogP contribution in [-0.2, 0) is 4.79 Å². The van der Waals surface area contributed by atoms with Crippen LogP contribution in [0.15, 0.2) is 18.3 Å². The number of hydrogen-bond donors (Lipinski definition) is 0. The van der Waals surface area contributed by atoms with Crippen molar-refractivity contribution in [1.29, 1.82) is 0 Å². The molecule has 2 aliphatic rings. The summed E-state index contributed by atoms with van der Waals surface area (Å²) in [4.78, 5) is 45.9. The molecule has 0 saturated carbocycles. The Bertz CT molecular complexity index is 671. The number of nitrogens with zero attached hydrogens (tertiary/aromatic N) is 4. The Balaban J connectivity index is 1.72. The van der Waals surface area contributed by atoms with Gasteiger partial charge in [-0.2, -0.15) is 0 Å². The Morgan fingerprint density at radius 3 is 2.62 bits per heavy atom. The second-order valence-corrected chi connectivity index (χ2v) is 6.92. The molecule has 1 aromatic heterocycles. The Morgan fingerprint density at radius 2 is 1.92 bits per heavy atom. The van der Waals surface area contributed by atoms with E-state index in [1.807, 2.05) is 4.90 Å². The Labute approximate surface area is 154 Å². The minimum atomic E-state index is -0.113. The Morgan fingerprint density at radius 1 is 1.15 bits per heavy atom. The van der Waals surface area contributed by atoms with Crippen LogP contribution < -0.4 is 0 Å². The zero-order chi connectivity index (χ0) is 18.5. The summed E-state index contributed by atoms with van der Waals surface area (Å²) >= 11 is 0. The van der Waals surface area contributed by atoms with Crippen LogP contribution in [-0.4, -0.2) is 76.7 Å². The van der Waals surface area contributed by atoms with Crippen LogP contribution in [0.3, 0.4) is 0 Å². The highest BCUT2D eigenvalue weighted by atomic mass is 16.2. The van der Waals surface area contributed by atoms with E-state index in [-0.39, 0.29) is 17.9 Å². The van der Waals surface area contributed by atoms with Crippen LogP contribution in [0.25, 0.3) is 0 Å². The number of amides is 3. The number of likely N-dealkylation sites (tertiary alicyclic amines) is 1. The highest BCUT2D eigenvalue weighted by Gasteiger charge is 2.28. The second kappa shape index (κ2) is 8.29. The summed E-state index contributed by atoms with van der Waals surface area (Å²) in [6.07, 6.45) is 6.48. The highest BCUT2D eigenvalue weighted by Crippen LogP contribution is 2.21. The molecule has 3 rings (SSSR count). The van der Waals surface area contributed by atoms with Gasteiger partial charge in [0, 0.05) is 50.5 Å². The lowest BCUT2D eigenvalue weighted by Gasteiger charge is -2.35. The smallest absolute Gasteiger partial charge is 0.272 e. The molecule has 2 aliphatic heterocycles. The van der Waals surface area contributed by atoms with Crippen molar-refractivity contribution in [2.75, 3.05) is 32.7 Å². The highest BCUT2D eigenvalue weighted by molar-refractivity contribution is 5.98. The number of carbonyl (C=O) groups is 3. The molecule has 1 aromatic rings. The minimum Gasteiger partial charge on any atom is -0.342 e. The maximum absolute atomic E-state index is 12.9. The van der Waals surface area contributed by atoms with Crippen LogP contribution in [0.4, 0.5) is 0 Å². The first-order valence-corrected chi connectivity index (χ1v) is 9.39. The first kappa shape index (κ1) is 18.4. The number of hydrogen-bond acceptors (Lipinski definition) is 4. The molecule has 1 atom stereocenters. The van der Waals surface area contributed by atoms with E-state index in [0.29, 0.717) is 37.4 Å². The average molecular weight is 358 g/mol. The number of pyridine rings is 1. The maximum Gasteiger partial charge on any atom is 0.272 e. The molecule has 0 aromatic carbocycles. The van der Waals surface area contributed by atoms with E-state index in [9.17, 15) is 14.4 Å². The van der Waals surface area contributed by atoms with Crippen LogP contribution in [0.5, 0.6) is 0 Å². The molecule has 140 valence electrons. The van der Waals surface area contributed by atoms with Gasteiger partial charge < -0.3 is 14.7 Å². The number of piperazine rings is 1. The molecular weight excluding hydrogens is 332 g/mol. The van der Waals surface area contributed by atoms with Crippen molar-refractivity contribution in [1.82, 2.24) is 19.7 Å². The fourth-order valence-corrected chi connectivity index (χ4v) is 3.73. The second-order valence-electron chi connectivity index (χ2n) is 6.92. The van der Waals surface area contributed by atoms with Crippen LogP contribution in [0.2, 0.25) is 0 Å². The molecule has 0 spiro atoms.